The van der Waals surface area contributed by atoms with Crippen LogP contribution in [0.1, 0.15) is 25.1 Å². The third-order valence-electron chi connectivity index (χ3n) is 5.14. The summed E-state index contributed by atoms with van der Waals surface area (Å²) in [6.45, 7) is 12.7. The Bertz CT molecular complexity index is 771. The van der Waals surface area contributed by atoms with Crippen molar-refractivity contribution in [2.75, 3.05) is 44.6 Å². The minimum atomic E-state index is 0.311. The van der Waals surface area contributed by atoms with Gasteiger partial charge in [0, 0.05) is 44.3 Å². The predicted molar refractivity (Wildman–Crippen MR) is 103 cm³/mol. The van der Waals surface area contributed by atoms with E-state index in [-0.39, 0.29) is 0 Å². The second-order valence-corrected chi connectivity index (χ2v) is 6.82. The van der Waals surface area contributed by atoms with E-state index >= 15 is 0 Å². The number of nitrogens with zero attached hydrogens (tertiary/aromatic N) is 4. The molecule has 138 valence electrons. The van der Waals surface area contributed by atoms with Crippen LogP contribution in [0.4, 0.5) is 5.88 Å². The molecular formula is C20H27N5O. The Morgan fingerprint density at radius 3 is 2.65 bits per heavy atom. The fraction of sp³-hybridized carbons (Fsp3) is 0.500. The van der Waals surface area contributed by atoms with E-state index in [0.717, 1.165) is 50.4 Å². The number of hydrogen-bond donors (Lipinski definition) is 1. The van der Waals surface area contributed by atoms with Gasteiger partial charge in [0.2, 0.25) is 17.5 Å². The lowest BCUT2D eigenvalue weighted by Crippen LogP contribution is -2.51. The average molecular weight is 353 g/mol. The number of oxazole rings is 1. The smallest absolute Gasteiger partial charge is 0.232 e. The number of aryl methyl sites for hydroxylation is 1. The normalized spacial score (nSPS) is 17.0. The van der Waals surface area contributed by atoms with Gasteiger partial charge >= 0.3 is 0 Å². The van der Waals surface area contributed by atoms with E-state index in [1.807, 2.05) is 31.2 Å². The number of nitriles is 1. The zero-order valence-electron chi connectivity index (χ0n) is 15.8. The number of nitrogens with one attached hydrogen (secondary N) is 1. The van der Waals surface area contributed by atoms with Gasteiger partial charge in [-0.25, -0.2) is 0 Å². The van der Waals surface area contributed by atoms with E-state index in [2.05, 4.69) is 40.0 Å². The number of piperazine rings is 1. The number of anilines is 1. The predicted octanol–water partition coefficient (Wildman–Crippen LogP) is 2.96. The van der Waals surface area contributed by atoms with Gasteiger partial charge in [-0.05, 0) is 32.0 Å². The van der Waals surface area contributed by atoms with Crippen molar-refractivity contribution in [2.45, 2.75) is 26.8 Å². The van der Waals surface area contributed by atoms with Gasteiger partial charge in [-0.1, -0.05) is 25.1 Å². The second-order valence-electron chi connectivity index (χ2n) is 6.82. The molecule has 2 heterocycles. The van der Waals surface area contributed by atoms with Crippen LogP contribution in [0, 0.1) is 18.3 Å². The minimum Gasteiger partial charge on any atom is -0.419 e. The maximum Gasteiger partial charge on any atom is 0.232 e. The Balaban J connectivity index is 1.65. The van der Waals surface area contributed by atoms with Gasteiger partial charge in [-0.15, -0.1) is 0 Å². The fourth-order valence-electron chi connectivity index (χ4n) is 3.33. The molecule has 1 saturated heterocycles. The number of aromatic nitrogens is 1. The SMILES string of the molecule is CCN1CCN([C@@H](C)CNc2oc(-c3ccccc3C)nc2C#N)CC1. The van der Waals surface area contributed by atoms with Crippen molar-refractivity contribution in [3.8, 4) is 17.5 Å². The molecular weight excluding hydrogens is 326 g/mol. The zero-order valence-corrected chi connectivity index (χ0v) is 15.8. The lowest BCUT2D eigenvalue weighted by Gasteiger charge is -2.37. The molecule has 6 heteroatoms. The van der Waals surface area contributed by atoms with E-state index in [1.54, 1.807) is 0 Å². The largest absolute Gasteiger partial charge is 0.419 e. The summed E-state index contributed by atoms with van der Waals surface area (Å²) in [7, 11) is 0. The van der Waals surface area contributed by atoms with Crippen LogP contribution in [-0.2, 0) is 0 Å². The Hall–Kier alpha value is -2.36. The van der Waals surface area contributed by atoms with Crippen LogP contribution < -0.4 is 5.32 Å². The summed E-state index contributed by atoms with van der Waals surface area (Å²) < 4.78 is 5.87. The molecule has 1 atom stereocenters. The van der Waals surface area contributed by atoms with Crippen molar-refractivity contribution in [1.82, 2.24) is 14.8 Å². The summed E-state index contributed by atoms with van der Waals surface area (Å²) in [6, 6.07) is 10.4. The first-order valence-electron chi connectivity index (χ1n) is 9.29. The summed E-state index contributed by atoms with van der Waals surface area (Å²) in [4.78, 5) is 9.30. The topological polar surface area (TPSA) is 68.3 Å². The van der Waals surface area contributed by atoms with E-state index in [0.29, 0.717) is 23.5 Å². The van der Waals surface area contributed by atoms with Crippen LogP contribution in [0.3, 0.4) is 0 Å². The van der Waals surface area contributed by atoms with Crippen molar-refractivity contribution in [2.24, 2.45) is 0 Å². The Labute approximate surface area is 155 Å². The van der Waals surface area contributed by atoms with Crippen LogP contribution in [0.5, 0.6) is 0 Å². The number of benzene rings is 1. The summed E-state index contributed by atoms with van der Waals surface area (Å²) >= 11 is 0. The van der Waals surface area contributed by atoms with Gasteiger partial charge in [0.25, 0.3) is 0 Å². The highest BCUT2D eigenvalue weighted by Gasteiger charge is 2.21. The molecule has 0 radical (unpaired) electrons. The van der Waals surface area contributed by atoms with Gasteiger partial charge < -0.3 is 14.6 Å². The van der Waals surface area contributed by atoms with Crippen molar-refractivity contribution in [3.63, 3.8) is 0 Å². The molecule has 1 N–H and O–H groups in total. The molecule has 1 aliphatic rings. The Kier molecular flexibility index (Phi) is 5.92. The van der Waals surface area contributed by atoms with Gasteiger partial charge in [0.1, 0.15) is 6.07 Å². The molecule has 0 bridgehead atoms. The molecule has 0 unspecified atom stereocenters. The maximum absolute atomic E-state index is 9.39. The third-order valence-corrected chi connectivity index (χ3v) is 5.14. The summed E-state index contributed by atoms with van der Waals surface area (Å²) in [5.41, 5.74) is 2.30. The number of rotatable bonds is 6. The molecule has 0 saturated carbocycles. The summed E-state index contributed by atoms with van der Waals surface area (Å²) in [5.74, 6) is 0.955. The fourth-order valence-corrected chi connectivity index (χ4v) is 3.33. The highest BCUT2D eigenvalue weighted by molar-refractivity contribution is 5.62. The first-order chi connectivity index (χ1) is 12.6. The van der Waals surface area contributed by atoms with Crippen LogP contribution in [0.2, 0.25) is 0 Å². The molecule has 0 aliphatic carbocycles. The standard InChI is InChI=1S/C20H27N5O/c1-4-24-9-11-25(12-10-24)16(3)14-22-20-18(13-21)23-19(26-20)17-8-6-5-7-15(17)2/h5-8,16,22H,4,9-12,14H2,1-3H3/t16-/m0/s1. The van der Waals surface area contributed by atoms with Crippen molar-refractivity contribution >= 4 is 5.88 Å². The third kappa shape index (κ3) is 4.06. The van der Waals surface area contributed by atoms with Crippen LogP contribution in [-0.4, -0.2) is 60.1 Å². The number of hydrogen-bond acceptors (Lipinski definition) is 6. The van der Waals surface area contributed by atoms with Gasteiger partial charge in [0.05, 0.1) is 0 Å². The quantitative estimate of drug-likeness (QED) is 0.861. The summed E-state index contributed by atoms with van der Waals surface area (Å²) in [5, 5.41) is 12.7. The van der Waals surface area contributed by atoms with E-state index in [9.17, 15) is 5.26 Å². The summed E-state index contributed by atoms with van der Waals surface area (Å²) in [6.07, 6.45) is 0. The molecule has 2 aromatic rings. The van der Waals surface area contributed by atoms with Gasteiger partial charge in [-0.3, -0.25) is 4.90 Å². The molecule has 3 rings (SSSR count). The Morgan fingerprint density at radius 2 is 2.00 bits per heavy atom. The molecule has 6 nitrogen and oxygen atoms in total. The molecule has 0 spiro atoms. The molecule has 1 aromatic heterocycles. The van der Waals surface area contributed by atoms with Crippen LogP contribution in [0.25, 0.3) is 11.5 Å². The molecule has 1 fully saturated rings. The van der Waals surface area contributed by atoms with Gasteiger partial charge in [-0.2, -0.15) is 10.2 Å². The van der Waals surface area contributed by atoms with Gasteiger partial charge in [0.15, 0.2) is 0 Å². The molecule has 1 aromatic carbocycles. The maximum atomic E-state index is 9.39. The molecule has 1 aliphatic heterocycles. The lowest BCUT2D eigenvalue weighted by atomic mass is 10.1. The van der Waals surface area contributed by atoms with Crippen molar-refractivity contribution < 1.29 is 4.42 Å². The Morgan fingerprint density at radius 1 is 1.27 bits per heavy atom. The number of likely N-dealkylation sites (N-methyl/N-ethyl adjacent to an activating group) is 1. The monoisotopic (exact) mass is 353 g/mol. The second kappa shape index (κ2) is 8.35. The lowest BCUT2D eigenvalue weighted by molar-refractivity contribution is 0.110. The van der Waals surface area contributed by atoms with Crippen LogP contribution >= 0.6 is 0 Å². The van der Waals surface area contributed by atoms with Crippen molar-refractivity contribution in [3.05, 3.63) is 35.5 Å². The molecule has 0 amide bonds. The first kappa shape index (κ1) is 18.4. The average Bonchev–Trinajstić information content (AvgIpc) is 3.09. The zero-order chi connectivity index (χ0) is 18.5. The highest BCUT2D eigenvalue weighted by Crippen LogP contribution is 2.27. The van der Waals surface area contributed by atoms with E-state index in [4.69, 9.17) is 4.42 Å². The van der Waals surface area contributed by atoms with Crippen LogP contribution in [0.15, 0.2) is 28.7 Å². The van der Waals surface area contributed by atoms with Crippen molar-refractivity contribution in [1.29, 1.82) is 5.26 Å². The first-order valence-corrected chi connectivity index (χ1v) is 9.29. The molecule has 26 heavy (non-hydrogen) atoms. The highest BCUT2D eigenvalue weighted by atomic mass is 16.4. The minimum absolute atomic E-state index is 0.311. The van der Waals surface area contributed by atoms with E-state index in [1.165, 1.54) is 0 Å². The van der Waals surface area contributed by atoms with E-state index < -0.39 is 0 Å².